The van der Waals surface area contributed by atoms with E-state index in [0.717, 1.165) is 19.4 Å². The monoisotopic (exact) mass is 320 g/mol. The molecule has 3 N–H and O–H groups in total. The Kier molecular flexibility index (Phi) is 13.9. The fraction of sp³-hybridized carbons (Fsp3) is 0.857. The van der Waals surface area contributed by atoms with Gasteiger partial charge in [0.15, 0.2) is 0 Å². The van der Waals surface area contributed by atoms with Crippen molar-refractivity contribution in [3.8, 4) is 0 Å². The van der Waals surface area contributed by atoms with E-state index < -0.39 is 17.9 Å². The molecular formula is C14H28N2O6. The van der Waals surface area contributed by atoms with Crippen LogP contribution in [0, 0.1) is 0 Å². The Morgan fingerprint density at radius 3 is 2.41 bits per heavy atom. The Hall–Kier alpha value is -1.22. The number of carbonyl (C=O) groups excluding carboxylic acids is 1. The molecule has 0 heterocycles. The van der Waals surface area contributed by atoms with E-state index in [-0.39, 0.29) is 13.2 Å². The first-order valence-corrected chi connectivity index (χ1v) is 7.43. The molecule has 0 aliphatic carbocycles. The van der Waals surface area contributed by atoms with Crippen molar-refractivity contribution in [3.63, 3.8) is 0 Å². The summed E-state index contributed by atoms with van der Waals surface area (Å²) in [6, 6.07) is -0.870. The third-order valence-corrected chi connectivity index (χ3v) is 2.84. The average Bonchev–Trinajstić information content (AvgIpc) is 2.49. The van der Waals surface area contributed by atoms with Gasteiger partial charge in [0.2, 0.25) is 5.91 Å². The number of carbonyl (C=O) groups is 2. The van der Waals surface area contributed by atoms with Gasteiger partial charge in [0.05, 0.1) is 26.4 Å². The third kappa shape index (κ3) is 12.5. The van der Waals surface area contributed by atoms with Crippen LogP contribution in [0.15, 0.2) is 0 Å². The van der Waals surface area contributed by atoms with Gasteiger partial charge in [-0.05, 0) is 32.9 Å². The Bertz CT molecular complexity index is 301. The molecule has 0 bridgehead atoms. The summed E-state index contributed by atoms with van der Waals surface area (Å²) in [6.07, 6.45) is 2.00. The molecule has 0 saturated heterocycles. The summed E-state index contributed by atoms with van der Waals surface area (Å²) in [7, 11) is 3.43. The zero-order chi connectivity index (χ0) is 16.6. The lowest BCUT2D eigenvalue weighted by Crippen LogP contribution is -2.42. The number of carboxylic acid groups (broad SMARTS) is 1. The number of ether oxygens (including phenoxy) is 3. The normalized spacial score (nSPS) is 12.1. The molecule has 0 aliphatic heterocycles. The zero-order valence-electron chi connectivity index (χ0n) is 13.4. The summed E-state index contributed by atoms with van der Waals surface area (Å²) in [6.45, 7) is 2.27. The van der Waals surface area contributed by atoms with Gasteiger partial charge < -0.3 is 30.0 Å². The number of carboxylic acids is 1. The average molecular weight is 320 g/mol. The molecule has 0 rings (SSSR count). The molecule has 0 spiro atoms. The van der Waals surface area contributed by atoms with E-state index in [1.54, 1.807) is 7.11 Å². The molecule has 1 amide bonds. The van der Waals surface area contributed by atoms with Crippen LogP contribution in [-0.4, -0.2) is 76.8 Å². The summed E-state index contributed by atoms with van der Waals surface area (Å²) in [5.74, 6) is -1.46. The number of unbranched alkanes of at least 4 members (excludes halogenated alkanes) is 1. The highest BCUT2D eigenvalue weighted by atomic mass is 16.5. The second-order valence-electron chi connectivity index (χ2n) is 4.72. The van der Waals surface area contributed by atoms with Crippen LogP contribution in [0.5, 0.6) is 0 Å². The van der Waals surface area contributed by atoms with Crippen LogP contribution >= 0.6 is 0 Å². The lowest BCUT2D eigenvalue weighted by molar-refractivity contribution is -0.142. The van der Waals surface area contributed by atoms with Gasteiger partial charge in [0.1, 0.15) is 12.6 Å². The maximum Gasteiger partial charge on any atom is 0.326 e. The summed E-state index contributed by atoms with van der Waals surface area (Å²) in [4.78, 5) is 22.7. The summed E-state index contributed by atoms with van der Waals surface area (Å²) in [5, 5.41) is 14.5. The van der Waals surface area contributed by atoms with E-state index in [1.165, 1.54) is 0 Å². The number of hydrogen-bond acceptors (Lipinski definition) is 6. The largest absolute Gasteiger partial charge is 0.480 e. The van der Waals surface area contributed by atoms with E-state index in [4.69, 9.17) is 19.3 Å². The van der Waals surface area contributed by atoms with Gasteiger partial charge in [-0.25, -0.2) is 4.79 Å². The number of nitrogens with one attached hydrogen (secondary N) is 2. The number of hydrogen-bond donors (Lipinski definition) is 3. The van der Waals surface area contributed by atoms with Gasteiger partial charge in [-0.3, -0.25) is 4.79 Å². The Labute approximate surface area is 131 Å². The molecule has 0 aromatic rings. The molecule has 8 nitrogen and oxygen atoms in total. The van der Waals surface area contributed by atoms with Crippen molar-refractivity contribution in [2.24, 2.45) is 0 Å². The van der Waals surface area contributed by atoms with Gasteiger partial charge in [-0.2, -0.15) is 0 Å². The molecule has 0 radical (unpaired) electrons. The lowest BCUT2D eigenvalue weighted by Gasteiger charge is -2.14. The fourth-order valence-electron chi connectivity index (χ4n) is 1.67. The van der Waals surface area contributed by atoms with Crippen LogP contribution in [-0.2, 0) is 23.8 Å². The van der Waals surface area contributed by atoms with Crippen molar-refractivity contribution in [1.29, 1.82) is 0 Å². The minimum absolute atomic E-state index is 0.173. The van der Waals surface area contributed by atoms with Gasteiger partial charge in [-0.1, -0.05) is 0 Å². The summed E-state index contributed by atoms with van der Waals surface area (Å²) in [5.41, 5.74) is 0. The standard InChI is InChI=1S/C14H28N2O6/c1-15-6-4-3-5-12(14(18)19)16-13(17)11-22-10-9-21-8-7-20-2/h12,15H,3-11H2,1-2H3,(H,16,17)(H,18,19)/t12-/m0/s1. The predicted molar refractivity (Wildman–Crippen MR) is 80.9 cm³/mol. The highest BCUT2D eigenvalue weighted by Crippen LogP contribution is 2.01. The van der Waals surface area contributed by atoms with E-state index in [9.17, 15) is 9.59 Å². The fourth-order valence-corrected chi connectivity index (χ4v) is 1.67. The number of amides is 1. The van der Waals surface area contributed by atoms with Crippen LogP contribution < -0.4 is 10.6 Å². The number of rotatable bonds is 15. The van der Waals surface area contributed by atoms with Crippen LogP contribution in [0.2, 0.25) is 0 Å². The first-order valence-electron chi connectivity index (χ1n) is 7.43. The second kappa shape index (κ2) is 14.7. The lowest BCUT2D eigenvalue weighted by atomic mass is 10.1. The molecule has 0 aromatic heterocycles. The van der Waals surface area contributed by atoms with Crippen molar-refractivity contribution in [3.05, 3.63) is 0 Å². The van der Waals surface area contributed by atoms with Crippen LogP contribution in [0.4, 0.5) is 0 Å². The molecule has 22 heavy (non-hydrogen) atoms. The minimum Gasteiger partial charge on any atom is -0.480 e. The maximum absolute atomic E-state index is 11.6. The number of aliphatic carboxylic acids is 1. The first-order chi connectivity index (χ1) is 10.6. The summed E-state index contributed by atoms with van der Waals surface area (Å²) >= 11 is 0. The highest BCUT2D eigenvalue weighted by molar-refractivity contribution is 5.84. The van der Waals surface area contributed by atoms with E-state index in [2.05, 4.69) is 10.6 Å². The Balaban J connectivity index is 3.72. The third-order valence-electron chi connectivity index (χ3n) is 2.84. The van der Waals surface area contributed by atoms with Gasteiger partial charge in [0.25, 0.3) is 0 Å². The Morgan fingerprint density at radius 1 is 1.09 bits per heavy atom. The molecule has 0 fully saturated rings. The van der Waals surface area contributed by atoms with E-state index in [1.807, 2.05) is 7.05 Å². The van der Waals surface area contributed by atoms with Gasteiger partial charge in [-0.15, -0.1) is 0 Å². The molecule has 1 atom stereocenters. The smallest absolute Gasteiger partial charge is 0.326 e. The van der Waals surface area contributed by atoms with Crippen molar-refractivity contribution < 1.29 is 28.9 Å². The molecule has 0 aromatic carbocycles. The van der Waals surface area contributed by atoms with Gasteiger partial charge in [0, 0.05) is 7.11 Å². The molecule has 0 saturated carbocycles. The molecule has 8 heteroatoms. The second-order valence-corrected chi connectivity index (χ2v) is 4.72. The quantitative estimate of drug-likeness (QED) is 0.353. The Morgan fingerprint density at radius 2 is 1.77 bits per heavy atom. The van der Waals surface area contributed by atoms with Crippen molar-refractivity contribution in [1.82, 2.24) is 10.6 Å². The van der Waals surface area contributed by atoms with E-state index in [0.29, 0.717) is 26.2 Å². The first kappa shape index (κ1) is 20.8. The highest BCUT2D eigenvalue weighted by Gasteiger charge is 2.19. The van der Waals surface area contributed by atoms with Crippen molar-refractivity contribution in [2.45, 2.75) is 25.3 Å². The van der Waals surface area contributed by atoms with Gasteiger partial charge >= 0.3 is 5.97 Å². The molecule has 0 aliphatic rings. The minimum atomic E-state index is -1.03. The predicted octanol–water partition coefficient (Wildman–Crippen LogP) is -0.375. The maximum atomic E-state index is 11.6. The molecular weight excluding hydrogens is 292 g/mol. The number of methoxy groups -OCH3 is 1. The topological polar surface area (TPSA) is 106 Å². The van der Waals surface area contributed by atoms with E-state index >= 15 is 0 Å². The van der Waals surface area contributed by atoms with Crippen LogP contribution in [0.3, 0.4) is 0 Å². The van der Waals surface area contributed by atoms with Crippen molar-refractivity contribution in [2.75, 3.05) is 53.7 Å². The van der Waals surface area contributed by atoms with Crippen LogP contribution in [0.1, 0.15) is 19.3 Å². The van der Waals surface area contributed by atoms with Crippen LogP contribution in [0.25, 0.3) is 0 Å². The molecule has 130 valence electrons. The zero-order valence-corrected chi connectivity index (χ0v) is 13.4. The van der Waals surface area contributed by atoms with Crippen molar-refractivity contribution >= 4 is 11.9 Å². The summed E-state index contributed by atoms with van der Waals surface area (Å²) < 4.78 is 15.1. The molecule has 0 unspecified atom stereocenters. The SMILES string of the molecule is CNCCCC[C@H](NC(=O)COCCOCCOC)C(=O)O.